The number of aromatic nitrogens is 5. The lowest BCUT2D eigenvalue weighted by atomic mass is 10.2. The lowest BCUT2D eigenvalue weighted by Gasteiger charge is -1.91. The van der Waals surface area contributed by atoms with Crippen LogP contribution in [0.25, 0.3) is 57.3 Å². The third kappa shape index (κ3) is 5.30. The van der Waals surface area contributed by atoms with Gasteiger partial charge in [0.15, 0.2) is 0 Å². The summed E-state index contributed by atoms with van der Waals surface area (Å²) in [4.78, 5) is 20.2. The molecule has 2 aliphatic heterocycles. The van der Waals surface area contributed by atoms with Gasteiger partial charge in [-0.1, -0.05) is 24.3 Å². The van der Waals surface area contributed by atoms with Crippen LogP contribution in [-0.4, -0.2) is 42.3 Å². The molecular formula is C29H21AlN5. The zero-order valence-corrected chi connectivity index (χ0v) is 20.0. The molecule has 0 saturated heterocycles. The van der Waals surface area contributed by atoms with Crippen LogP contribution < -0.4 is 0 Å². The lowest BCUT2D eigenvalue weighted by Crippen LogP contribution is -1.77. The van der Waals surface area contributed by atoms with Gasteiger partial charge in [-0.05, 0) is 85.0 Å². The van der Waals surface area contributed by atoms with E-state index in [1.165, 1.54) is 5.39 Å². The first kappa shape index (κ1) is 22.5. The molecule has 4 aromatic heterocycles. The van der Waals surface area contributed by atoms with Crippen LogP contribution in [0.5, 0.6) is 0 Å². The van der Waals surface area contributed by atoms with Gasteiger partial charge in [0.25, 0.3) is 0 Å². The topological polar surface area (TPSA) is 70.2 Å². The van der Waals surface area contributed by atoms with Crippen LogP contribution in [0, 0.1) is 0 Å². The zero-order chi connectivity index (χ0) is 22.7. The zero-order valence-electron chi connectivity index (χ0n) is 18.9. The van der Waals surface area contributed by atoms with Crippen molar-refractivity contribution in [3.05, 3.63) is 114 Å². The van der Waals surface area contributed by atoms with Gasteiger partial charge in [0, 0.05) is 51.0 Å². The minimum atomic E-state index is 0. The van der Waals surface area contributed by atoms with Crippen LogP contribution in [0.3, 0.4) is 0 Å². The van der Waals surface area contributed by atoms with Gasteiger partial charge in [-0.3, -0.25) is 4.98 Å². The first-order chi connectivity index (χ1) is 16.8. The summed E-state index contributed by atoms with van der Waals surface area (Å²) in [6.07, 6.45) is 9.86. The van der Waals surface area contributed by atoms with Gasteiger partial charge in [-0.2, -0.15) is 0 Å². The van der Waals surface area contributed by atoms with Crippen molar-refractivity contribution < 1.29 is 0 Å². The number of H-pyrrole nitrogens is 2. The summed E-state index contributed by atoms with van der Waals surface area (Å²) in [6.45, 7) is 0. The highest BCUT2D eigenvalue weighted by Crippen LogP contribution is 2.17. The molecule has 0 saturated carbocycles. The van der Waals surface area contributed by atoms with E-state index in [0.29, 0.717) is 0 Å². The molecular weight excluding hydrogens is 445 g/mol. The number of benzene rings is 1. The Kier molecular flexibility index (Phi) is 6.41. The van der Waals surface area contributed by atoms with E-state index in [2.05, 4.69) is 67.4 Å². The van der Waals surface area contributed by atoms with Crippen molar-refractivity contribution in [3.8, 4) is 0 Å². The monoisotopic (exact) mass is 466 g/mol. The molecule has 0 atom stereocenters. The smallest absolute Gasteiger partial charge is 0.0701 e. The highest BCUT2D eigenvalue weighted by atomic mass is 27.0. The molecule has 6 heteroatoms. The van der Waals surface area contributed by atoms with Crippen molar-refractivity contribution in [1.29, 1.82) is 0 Å². The molecule has 5 nitrogen and oxygen atoms in total. The first-order valence-electron chi connectivity index (χ1n) is 11.1. The molecule has 0 unspecified atom stereocenters. The number of para-hydroxylation sites is 1. The summed E-state index contributed by atoms with van der Waals surface area (Å²) in [7, 11) is 0. The predicted octanol–water partition coefficient (Wildman–Crippen LogP) is 6.51. The van der Waals surface area contributed by atoms with Crippen LogP contribution in [0.1, 0.15) is 22.8 Å². The van der Waals surface area contributed by atoms with Crippen molar-refractivity contribution in [1.82, 2.24) is 24.9 Å². The number of rotatable bonds is 0. The number of nitrogens with one attached hydrogen (secondary N) is 2. The minimum Gasteiger partial charge on any atom is -0.355 e. The van der Waals surface area contributed by atoms with E-state index in [-0.39, 0.29) is 17.4 Å². The van der Waals surface area contributed by atoms with Gasteiger partial charge >= 0.3 is 0 Å². The molecule has 7 rings (SSSR count). The summed E-state index contributed by atoms with van der Waals surface area (Å²) in [5.74, 6) is 0. The van der Waals surface area contributed by atoms with Crippen molar-refractivity contribution in [2.75, 3.05) is 0 Å². The Bertz CT molecular complexity index is 1570. The predicted molar refractivity (Wildman–Crippen MR) is 146 cm³/mol. The van der Waals surface area contributed by atoms with E-state index in [1.54, 1.807) is 0 Å². The largest absolute Gasteiger partial charge is 0.355 e. The molecule has 0 fully saturated rings. The average molecular weight is 467 g/mol. The summed E-state index contributed by atoms with van der Waals surface area (Å²) in [5.41, 5.74) is 8.92. The number of pyridine rings is 1. The van der Waals surface area contributed by atoms with Crippen molar-refractivity contribution in [3.63, 3.8) is 0 Å². The average Bonchev–Trinajstić information content (AvgIpc) is 3.66. The fourth-order valence-electron chi connectivity index (χ4n) is 3.96. The lowest BCUT2D eigenvalue weighted by molar-refractivity contribution is 1.28. The van der Waals surface area contributed by atoms with Gasteiger partial charge in [-0.15, -0.1) is 0 Å². The number of hydrogen-bond donors (Lipinski definition) is 2. The van der Waals surface area contributed by atoms with Crippen molar-refractivity contribution >= 4 is 74.6 Å². The molecule has 6 heterocycles. The second-order valence-electron chi connectivity index (χ2n) is 8.10. The maximum Gasteiger partial charge on any atom is 0.0701 e. The van der Waals surface area contributed by atoms with E-state index in [9.17, 15) is 0 Å². The third-order valence-electron chi connectivity index (χ3n) is 5.55. The summed E-state index contributed by atoms with van der Waals surface area (Å²) >= 11 is 0. The van der Waals surface area contributed by atoms with E-state index in [0.717, 1.165) is 50.4 Å². The summed E-state index contributed by atoms with van der Waals surface area (Å²) < 4.78 is 0. The molecule has 2 N–H and O–H groups in total. The molecule has 0 aliphatic carbocycles. The molecule has 35 heavy (non-hydrogen) atoms. The standard InChI is InChI=1S/C20H14N4.C9H7N.Al/c1-2-14-10-16-5-6-18(23-16)12-20-8-7-19(24-20)11-17-4-3-15(22-17)9-13(1)21-14;1-2-6-9-8(4-1)5-3-7-10-9;/h1-12,21-22H;1-7H;. The van der Waals surface area contributed by atoms with Gasteiger partial charge in [0.05, 0.1) is 28.3 Å². The number of hydrogen-bond acceptors (Lipinski definition) is 3. The second kappa shape index (κ2) is 9.94. The molecule has 8 bridgehead atoms. The number of nitrogens with zero attached hydrogens (tertiary/aromatic N) is 3. The Morgan fingerprint density at radius 2 is 0.971 bits per heavy atom. The van der Waals surface area contributed by atoms with Crippen molar-refractivity contribution in [2.24, 2.45) is 0 Å². The maximum atomic E-state index is 4.62. The SMILES string of the molecule is C1=Cc2cc3ccc(cc4ccc(cc5nc(cc1n2)C=C5)[nH]4)[nH]3.[Al].c1ccc2ncccc2c1. The molecule has 0 spiro atoms. The number of aromatic amines is 2. The Morgan fingerprint density at radius 1 is 0.486 bits per heavy atom. The summed E-state index contributed by atoms with van der Waals surface area (Å²) in [5, 5.41) is 1.20. The first-order valence-corrected chi connectivity index (χ1v) is 11.1. The minimum absolute atomic E-state index is 0. The van der Waals surface area contributed by atoms with Gasteiger partial charge < -0.3 is 9.97 Å². The fraction of sp³-hybridized carbons (Fsp3) is 0. The normalized spacial score (nSPS) is 11.5. The molecule has 5 aromatic rings. The Hall–Kier alpha value is -4.24. The quantitative estimate of drug-likeness (QED) is 0.250. The van der Waals surface area contributed by atoms with Crippen LogP contribution in [0.4, 0.5) is 0 Å². The highest BCUT2D eigenvalue weighted by Gasteiger charge is 2.02. The molecule has 1 aromatic carbocycles. The Labute approximate surface area is 213 Å². The van der Waals surface area contributed by atoms with E-state index >= 15 is 0 Å². The van der Waals surface area contributed by atoms with Gasteiger partial charge in [0.2, 0.25) is 0 Å². The van der Waals surface area contributed by atoms with Crippen LogP contribution in [0.15, 0.2) is 91.1 Å². The second-order valence-corrected chi connectivity index (χ2v) is 8.10. The fourth-order valence-corrected chi connectivity index (χ4v) is 3.96. The summed E-state index contributed by atoms with van der Waals surface area (Å²) in [6, 6.07) is 28.5. The van der Waals surface area contributed by atoms with E-state index < -0.39 is 0 Å². The molecule has 2 aliphatic rings. The Balaban J connectivity index is 0.000000194. The molecule has 0 amide bonds. The van der Waals surface area contributed by atoms with Gasteiger partial charge in [-0.25, -0.2) is 9.97 Å². The Morgan fingerprint density at radius 3 is 1.54 bits per heavy atom. The van der Waals surface area contributed by atoms with Crippen LogP contribution in [0.2, 0.25) is 0 Å². The maximum absolute atomic E-state index is 4.62. The van der Waals surface area contributed by atoms with E-state index in [4.69, 9.17) is 0 Å². The van der Waals surface area contributed by atoms with Crippen LogP contribution >= 0.6 is 0 Å². The number of fused-ring (bicyclic) bond motifs is 9. The highest BCUT2D eigenvalue weighted by molar-refractivity contribution is 5.78. The van der Waals surface area contributed by atoms with Crippen LogP contribution in [-0.2, 0) is 0 Å². The van der Waals surface area contributed by atoms with Crippen molar-refractivity contribution in [2.45, 2.75) is 0 Å². The molecule has 3 radical (unpaired) electrons. The van der Waals surface area contributed by atoms with E-state index in [1.807, 2.05) is 73.0 Å². The molecule has 165 valence electrons. The van der Waals surface area contributed by atoms with Gasteiger partial charge in [0.1, 0.15) is 0 Å². The third-order valence-corrected chi connectivity index (χ3v) is 5.55.